The molecule has 3 rings (SSSR count). The van der Waals surface area contributed by atoms with Crippen LogP contribution < -0.4 is 10.2 Å². The number of amides is 1. The Bertz CT molecular complexity index is 832. The van der Waals surface area contributed by atoms with Gasteiger partial charge in [0.15, 0.2) is 0 Å². The van der Waals surface area contributed by atoms with E-state index in [1.807, 2.05) is 44.2 Å². The van der Waals surface area contributed by atoms with Gasteiger partial charge in [0.25, 0.3) is 0 Å². The topological polar surface area (TPSA) is 61.4 Å². The first-order valence-electron chi connectivity index (χ1n) is 10.2. The molecular formula is C22H30ClN5O. The van der Waals surface area contributed by atoms with E-state index in [2.05, 4.69) is 33.9 Å². The van der Waals surface area contributed by atoms with Gasteiger partial charge in [-0.25, -0.2) is 9.97 Å². The highest BCUT2D eigenvalue weighted by Gasteiger charge is 2.26. The van der Waals surface area contributed by atoms with E-state index in [1.165, 1.54) is 0 Å². The van der Waals surface area contributed by atoms with Crippen molar-refractivity contribution in [1.29, 1.82) is 0 Å². The molecule has 1 atom stereocenters. The van der Waals surface area contributed by atoms with E-state index in [0.29, 0.717) is 17.5 Å². The molecule has 1 aliphatic heterocycles. The first kappa shape index (κ1) is 21.5. The van der Waals surface area contributed by atoms with Crippen LogP contribution in [0.2, 0.25) is 5.02 Å². The monoisotopic (exact) mass is 415 g/mol. The smallest absolute Gasteiger partial charge is 0.237 e. The number of anilines is 1. The maximum Gasteiger partial charge on any atom is 0.237 e. The zero-order valence-electron chi connectivity index (χ0n) is 17.7. The number of rotatable bonds is 6. The third kappa shape index (κ3) is 5.67. The van der Waals surface area contributed by atoms with Crippen LogP contribution in [-0.2, 0) is 11.3 Å². The average molecular weight is 416 g/mol. The zero-order chi connectivity index (χ0) is 21.0. The fraction of sp³-hybridized carbons (Fsp3) is 0.500. The van der Waals surface area contributed by atoms with E-state index in [0.717, 1.165) is 49.1 Å². The van der Waals surface area contributed by atoms with E-state index in [1.54, 1.807) is 0 Å². The first-order chi connectivity index (χ1) is 13.8. The highest BCUT2D eigenvalue weighted by Crippen LogP contribution is 2.19. The van der Waals surface area contributed by atoms with E-state index >= 15 is 0 Å². The van der Waals surface area contributed by atoms with Gasteiger partial charge < -0.3 is 10.2 Å². The number of nitrogens with zero attached hydrogens (tertiary/aromatic N) is 4. The SMILES string of the molecule is Cc1cc(N2CCN(C(C)C(=O)NCc3ccc(Cl)cc3)CC2)nc(C(C)C)n1. The van der Waals surface area contributed by atoms with Crippen molar-refractivity contribution in [2.75, 3.05) is 31.1 Å². The van der Waals surface area contributed by atoms with Crippen LogP contribution in [0.4, 0.5) is 5.82 Å². The second kappa shape index (κ2) is 9.55. The van der Waals surface area contributed by atoms with Gasteiger partial charge in [-0.15, -0.1) is 0 Å². The van der Waals surface area contributed by atoms with Gasteiger partial charge in [-0.2, -0.15) is 0 Å². The predicted octanol–water partition coefficient (Wildman–Crippen LogP) is 3.39. The van der Waals surface area contributed by atoms with Crippen LogP contribution in [0, 0.1) is 6.92 Å². The van der Waals surface area contributed by atoms with Crippen molar-refractivity contribution in [2.24, 2.45) is 0 Å². The molecule has 0 aliphatic carbocycles. The Morgan fingerprint density at radius 3 is 2.38 bits per heavy atom. The lowest BCUT2D eigenvalue weighted by atomic mass is 10.2. The lowest BCUT2D eigenvalue weighted by Gasteiger charge is -2.38. The summed E-state index contributed by atoms with van der Waals surface area (Å²) in [5, 5.41) is 3.73. The number of hydrogen-bond acceptors (Lipinski definition) is 5. The summed E-state index contributed by atoms with van der Waals surface area (Å²) in [5.74, 6) is 2.23. The number of nitrogens with one attached hydrogen (secondary N) is 1. The number of halogens is 1. The summed E-state index contributed by atoms with van der Waals surface area (Å²) in [5.41, 5.74) is 2.04. The third-order valence-electron chi connectivity index (χ3n) is 5.32. The molecule has 1 aliphatic rings. The van der Waals surface area contributed by atoms with Gasteiger partial charge in [-0.1, -0.05) is 37.6 Å². The van der Waals surface area contributed by atoms with Crippen LogP contribution in [0.15, 0.2) is 30.3 Å². The molecule has 29 heavy (non-hydrogen) atoms. The minimum absolute atomic E-state index is 0.0494. The number of aromatic nitrogens is 2. The number of benzene rings is 1. The molecule has 1 amide bonds. The largest absolute Gasteiger partial charge is 0.354 e. The Kier molecular flexibility index (Phi) is 7.09. The molecular weight excluding hydrogens is 386 g/mol. The summed E-state index contributed by atoms with van der Waals surface area (Å²) in [6.07, 6.45) is 0. The summed E-state index contributed by atoms with van der Waals surface area (Å²) in [6.45, 7) is 12.1. The molecule has 7 heteroatoms. The number of hydrogen-bond donors (Lipinski definition) is 1. The van der Waals surface area contributed by atoms with E-state index in [9.17, 15) is 4.79 Å². The van der Waals surface area contributed by atoms with Crippen molar-refractivity contribution in [2.45, 2.75) is 46.2 Å². The van der Waals surface area contributed by atoms with Crippen LogP contribution in [0.25, 0.3) is 0 Å². The molecule has 1 fully saturated rings. The van der Waals surface area contributed by atoms with Crippen LogP contribution >= 0.6 is 11.6 Å². The number of piperazine rings is 1. The standard InChI is InChI=1S/C22H30ClN5O/c1-15(2)21-25-16(3)13-20(26-21)28-11-9-27(10-12-28)17(4)22(29)24-14-18-5-7-19(23)8-6-18/h5-8,13,15,17H,9-12,14H2,1-4H3,(H,24,29). The maximum absolute atomic E-state index is 12.6. The Labute approximate surface area is 178 Å². The second-order valence-corrected chi connectivity index (χ2v) is 8.36. The molecule has 1 aromatic heterocycles. The highest BCUT2D eigenvalue weighted by atomic mass is 35.5. The van der Waals surface area contributed by atoms with E-state index in [4.69, 9.17) is 16.6 Å². The summed E-state index contributed by atoms with van der Waals surface area (Å²) in [6, 6.07) is 9.42. The number of aryl methyl sites for hydroxylation is 1. The molecule has 2 heterocycles. The van der Waals surface area contributed by atoms with Crippen molar-refractivity contribution in [3.05, 3.63) is 52.4 Å². The van der Waals surface area contributed by atoms with Crippen LogP contribution in [0.3, 0.4) is 0 Å². The van der Waals surface area contributed by atoms with Crippen LogP contribution in [-0.4, -0.2) is 53.0 Å². The fourth-order valence-electron chi connectivity index (χ4n) is 3.44. The van der Waals surface area contributed by atoms with Crippen molar-refractivity contribution >= 4 is 23.3 Å². The highest BCUT2D eigenvalue weighted by molar-refractivity contribution is 6.30. The molecule has 0 saturated carbocycles. The van der Waals surface area contributed by atoms with Gasteiger partial charge in [0.1, 0.15) is 11.6 Å². The number of carbonyl (C=O) groups excluding carboxylic acids is 1. The molecule has 1 saturated heterocycles. The van der Waals surface area contributed by atoms with Crippen molar-refractivity contribution in [3.63, 3.8) is 0 Å². The van der Waals surface area contributed by atoms with Crippen molar-refractivity contribution < 1.29 is 4.79 Å². The van der Waals surface area contributed by atoms with Gasteiger partial charge >= 0.3 is 0 Å². The minimum Gasteiger partial charge on any atom is -0.354 e. The Morgan fingerprint density at radius 2 is 1.76 bits per heavy atom. The van der Waals surface area contributed by atoms with Gasteiger partial charge in [-0.05, 0) is 31.5 Å². The Hall–Kier alpha value is -2.18. The molecule has 2 aromatic rings. The van der Waals surface area contributed by atoms with E-state index in [-0.39, 0.29) is 11.9 Å². The fourth-order valence-corrected chi connectivity index (χ4v) is 3.56. The lowest BCUT2D eigenvalue weighted by Crippen LogP contribution is -2.54. The Balaban J connectivity index is 1.53. The predicted molar refractivity (Wildman–Crippen MR) is 117 cm³/mol. The molecule has 1 N–H and O–H groups in total. The molecule has 156 valence electrons. The maximum atomic E-state index is 12.6. The Morgan fingerprint density at radius 1 is 1.10 bits per heavy atom. The lowest BCUT2D eigenvalue weighted by molar-refractivity contribution is -0.126. The van der Waals surface area contributed by atoms with Crippen molar-refractivity contribution in [3.8, 4) is 0 Å². The summed E-state index contributed by atoms with van der Waals surface area (Å²) in [7, 11) is 0. The molecule has 0 spiro atoms. The molecule has 0 radical (unpaired) electrons. The second-order valence-electron chi connectivity index (χ2n) is 7.92. The quantitative estimate of drug-likeness (QED) is 0.783. The average Bonchev–Trinajstić information content (AvgIpc) is 2.72. The molecule has 0 bridgehead atoms. The van der Waals surface area contributed by atoms with Crippen LogP contribution in [0.5, 0.6) is 0 Å². The van der Waals surface area contributed by atoms with Gasteiger partial charge in [0, 0.05) is 55.4 Å². The summed E-state index contributed by atoms with van der Waals surface area (Å²) >= 11 is 5.91. The van der Waals surface area contributed by atoms with Crippen molar-refractivity contribution in [1.82, 2.24) is 20.2 Å². The van der Waals surface area contributed by atoms with Gasteiger partial charge in [0.2, 0.25) is 5.91 Å². The minimum atomic E-state index is -0.164. The van der Waals surface area contributed by atoms with Gasteiger partial charge in [-0.3, -0.25) is 9.69 Å². The summed E-state index contributed by atoms with van der Waals surface area (Å²) in [4.78, 5) is 26.4. The molecule has 6 nitrogen and oxygen atoms in total. The molecule has 1 aromatic carbocycles. The zero-order valence-corrected chi connectivity index (χ0v) is 18.4. The third-order valence-corrected chi connectivity index (χ3v) is 5.57. The van der Waals surface area contributed by atoms with E-state index < -0.39 is 0 Å². The van der Waals surface area contributed by atoms with Gasteiger partial charge in [0.05, 0.1) is 6.04 Å². The number of carbonyl (C=O) groups is 1. The molecule has 1 unspecified atom stereocenters. The normalized spacial score (nSPS) is 16.1. The summed E-state index contributed by atoms with van der Waals surface area (Å²) < 4.78 is 0. The first-order valence-corrected chi connectivity index (χ1v) is 10.6. The van der Waals surface area contributed by atoms with Crippen LogP contribution in [0.1, 0.15) is 43.8 Å².